The smallest absolute Gasteiger partial charge is 0.0184 e. The second kappa shape index (κ2) is 5.63. The monoisotopic (exact) mass is 238 g/mol. The lowest BCUT2D eigenvalue weighted by Gasteiger charge is -2.11. The van der Waals surface area contributed by atoms with E-state index in [9.17, 15) is 0 Å². The normalized spacial score (nSPS) is 10.3. The van der Waals surface area contributed by atoms with Gasteiger partial charge in [-0.3, -0.25) is 0 Å². The van der Waals surface area contributed by atoms with Crippen molar-refractivity contribution in [1.29, 1.82) is 0 Å². The summed E-state index contributed by atoms with van der Waals surface area (Å²) in [5, 5.41) is 0. The van der Waals surface area contributed by atoms with Gasteiger partial charge in [0.05, 0.1) is 0 Å². The second-order valence-electron chi connectivity index (χ2n) is 4.24. The van der Waals surface area contributed by atoms with Crippen molar-refractivity contribution in [2.24, 2.45) is 11.5 Å². The number of nitrogens with two attached hydrogens (primary N) is 2. The van der Waals surface area contributed by atoms with Gasteiger partial charge in [-0.25, -0.2) is 0 Å². The average molecular weight is 238 g/mol. The largest absolute Gasteiger partial charge is 0.326 e. The number of rotatable bonds is 4. The molecule has 0 aliphatic rings. The molecule has 0 heterocycles. The molecule has 4 N–H and O–H groups in total. The van der Waals surface area contributed by atoms with E-state index >= 15 is 0 Å². The lowest BCUT2D eigenvalue weighted by molar-refractivity contribution is 1.06. The van der Waals surface area contributed by atoms with E-state index in [0.717, 1.165) is 27.8 Å². The Bertz CT molecular complexity index is 559. The number of benzene rings is 2. The third kappa shape index (κ3) is 2.50. The highest BCUT2D eigenvalue weighted by Crippen LogP contribution is 2.25. The van der Waals surface area contributed by atoms with E-state index in [0.29, 0.717) is 13.1 Å². The van der Waals surface area contributed by atoms with Gasteiger partial charge in [0.25, 0.3) is 0 Å². The van der Waals surface area contributed by atoms with Crippen molar-refractivity contribution in [2.45, 2.75) is 13.1 Å². The molecule has 0 unspecified atom stereocenters. The van der Waals surface area contributed by atoms with Gasteiger partial charge in [0, 0.05) is 13.1 Å². The Labute approximate surface area is 108 Å². The molecule has 2 aromatic carbocycles. The molecule has 2 heteroatoms. The van der Waals surface area contributed by atoms with Gasteiger partial charge in [0.2, 0.25) is 0 Å². The van der Waals surface area contributed by atoms with Gasteiger partial charge >= 0.3 is 0 Å². The second-order valence-corrected chi connectivity index (χ2v) is 4.24. The van der Waals surface area contributed by atoms with E-state index in [4.69, 9.17) is 11.5 Å². The van der Waals surface area contributed by atoms with Crippen molar-refractivity contribution in [2.75, 3.05) is 0 Å². The van der Waals surface area contributed by atoms with Crippen molar-refractivity contribution in [3.63, 3.8) is 0 Å². The van der Waals surface area contributed by atoms with Crippen molar-refractivity contribution in [3.05, 3.63) is 77.4 Å². The van der Waals surface area contributed by atoms with Crippen molar-refractivity contribution in [1.82, 2.24) is 0 Å². The molecule has 18 heavy (non-hydrogen) atoms. The van der Waals surface area contributed by atoms with E-state index in [1.165, 1.54) is 0 Å². The molecular weight excluding hydrogens is 220 g/mol. The highest BCUT2D eigenvalue weighted by molar-refractivity contribution is 5.79. The summed E-state index contributed by atoms with van der Waals surface area (Å²) in [5.41, 5.74) is 16.8. The van der Waals surface area contributed by atoms with Crippen LogP contribution in [0.25, 0.3) is 5.57 Å². The fraction of sp³-hybridized carbons (Fsp3) is 0.125. The molecule has 2 aromatic rings. The quantitative estimate of drug-likeness (QED) is 0.860. The van der Waals surface area contributed by atoms with Gasteiger partial charge in [-0.15, -0.1) is 0 Å². The Hall–Kier alpha value is -1.90. The SMILES string of the molecule is C=C(c1cccc(CN)c1)c1ccccc1CN. The highest BCUT2D eigenvalue weighted by Gasteiger charge is 2.06. The van der Waals surface area contributed by atoms with Gasteiger partial charge in [0.15, 0.2) is 0 Å². The fourth-order valence-electron chi connectivity index (χ4n) is 2.03. The minimum atomic E-state index is 0.520. The van der Waals surface area contributed by atoms with Gasteiger partial charge in [-0.2, -0.15) is 0 Å². The first-order chi connectivity index (χ1) is 8.76. The molecule has 0 aliphatic carbocycles. The first-order valence-electron chi connectivity index (χ1n) is 6.03. The van der Waals surface area contributed by atoms with Crippen LogP contribution in [0.4, 0.5) is 0 Å². The topological polar surface area (TPSA) is 52.0 Å². The first kappa shape index (κ1) is 12.6. The summed E-state index contributed by atoms with van der Waals surface area (Å²) in [6.07, 6.45) is 0. The summed E-state index contributed by atoms with van der Waals surface area (Å²) in [6, 6.07) is 16.2. The predicted molar refractivity (Wildman–Crippen MR) is 76.8 cm³/mol. The van der Waals surface area contributed by atoms with Crippen LogP contribution in [0.3, 0.4) is 0 Å². The maximum absolute atomic E-state index is 5.76. The third-order valence-electron chi connectivity index (χ3n) is 3.07. The van der Waals surface area contributed by atoms with Crippen LogP contribution in [-0.4, -0.2) is 0 Å². The molecule has 92 valence electrons. The minimum Gasteiger partial charge on any atom is -0.326 e. The molecule has 0 saturated heterocycles. The van der Waals surface area contributed by atoms with Crippen molar-refractivity contribution < 1.29 is 0 Å². The van der Waals surface area contributed by atoms with Gasteiger partial charge in [-0.1, -0.05) is 49.0 Å². The van der Waals surface area contributed by atoms with E-state index in [-0.39, 0.29) is 0 Å². The number of hydrogen-bond donors (Lipinski definition) is 2. The predicted octanol–water partition coefficient (Wildman–Crippen LogP) is 2.67. The molecule has 2 rings (SSSR count). The van der Waals surface area contributed by atoms with Gasteiger partial charge < -0.3 is 11.5 Å². The van der Waals surface area contributed by atoms with Crippen LogP contribution in [0.15, 0.2) is 55.1 Å². The minimum absolute atomic E-state index is 0.520. The van der Waals surface area contributed by atoms with Gasteiger partial charge in [-0.05, 0) is 33.9 Å². The lowest BCUT2D eigenvalue weighted by Crippen LogP contribution is -2.02. The zero-order chi connectivity index (χ0) is 13.0. The molecule has 0 aromatic heterocycles. The molecule has 0 saturated carbocycles. The fourth-order valence-corrected chi connectivity index (χ4v) is 2.03. The molecule has 0 aliphatic heterocycles. The van der Waals surface area contributed by atoms with E-state index in [1.54, 1.807) is 0 Å². The Kier molecular flexibility index (Phi) is 3.92. The molecule has 0 amide bonds. The average Bonchev–Trinajstić information content (AvgIpc) is 2.46. The maximum atomic E-state index is 5.76. The summed E-state index contributed by atoms with van der Waals surface area (Å²) in [7, 11) is 0. The van der Waals surface area contributed by atoms with Crippen LogP contribution < -0.4 is 11.5 Å². The molecule has 0 spiro atoms. The van der Waals surface area contributed by atoms with Gasteiger partial charge in [0.1, 0.15) is 0 Å². The summed E-state index contributed by atoms with van der Waals surface area (Å²) in [6.45, 7) is 5.24. The third-order valence-corrected chi connectivity index (χ3v) is 3.07. The lowest BCUT2D eigenvalue weighted by atomic mass is 9.94. The molecule has 0 fully saturated rings. The molecular formula is C16H18N2. The zero-order valence-electron chi connectivity index (χ0n) is 10.4. The summed E-state index contributed by atoms with van der Waals surface area (Å²) < 4.78 is 0. The van der Waals surface area contributed by atoms with Crippen LogP contribution in [0.1, 0.15) is 22.3 Å². The highest BCUT2D eigenvalue weighted by atomic mass is 14.5. The zero-order valence-corrected chi connectivity index (χ0v) is 10.4. The standard InChI is InChI=1S/C16H18N2/c1-12(14-7-4-5-13(9-14)10-17)16-8-3-2-6-15(16)11-18/h2-9H,1,10-11,17-18H2. The van der Waals surface area contributed by atoms with Crippen LogP contribution in [0.2, 0.25) is 0 Å². The summed E-state index contributed by atoms with van der Waals surface area (Å²) in [5.74, 6) is 0. The molecule has 2 nitrogen and oxygen atoms in total. The molecule has 0 bridgehead atoms. The van der Waals surface area contributed by atoms with E-state index < -0.39 is 0 Å². The molecule has 0 atom stereocenters. The summed E-state index contributed by atoms with van der Waals surface area (Å²) >= 11 is 0. The Balaban J connectivity index is 2.41. The molecule has 0 radical (unpaired) electrons. The van der Waals surface area contributed by atoms with Crippen LogP contribution >= 0.6 is 0 Å². The van der Waals surface area contributed by atoms with Crippen LogP contribution in [0.5, 0.6) is 0 Å². The van der Waals surface area contributed by atoms with E-state index in [1.807, 2.05) is 30.3 Å². The van der Waals surface area contributed by atoms with Crippen molar-refractivity contribution >= 4 is 5.57 Å². The Morgan fingerprint density at radius 1 is 0.944 bits per heavy atom. The maximum Gasteiger partial charge on any atom is 0.0184 e. The van der Waals surface area contributed by atoms with Crippen LogP contribution in [-0.2, 0) is 13.1 Å². The summed E-state index contributed by atoms with van der Waals surface area (Å²) in [4.78, 5) is 0. The number of hydrogen-bond acceptors (Lipinski definition) is 2. The first-order valence-corrected chi connectivity index (χ1v) is 6.03. The van der Waals surface area contributed by atoms with E-state index in [2.05, 4.69) is 24.8 Å². The van der Waals surface area contributed by atoms with Crippen molar-refractivity contribution in [3.8, 4) is 0 Å². The Morgan fingerprint density at radius 3 is 2.44 bits per heavy atom. The van der Waals surface area contributed by atoms with Crippen LogP contribution in [0, 0.1) is 0 Å². The Morgan fingerprint density at radius 2 is 1.72 bits per heavy atom.